The summed E-state index contributed by atoms with van der Waals surface area (Å²) in [5.41, 5.74) is 8.27. The molecule has 1 atom stereocenters. The Morgan fingerprint density at radius 2 is 2.31 bits per heavy atom. The minimum absolute atomic E-state index is 0.272. The fourth-order valence-corrected chi connectivity index (χ4v) is 2.82. The second-order valence-electron chi connectivity index (χ2n) is 3.41. The molecule has 2 nitrogen and oxygen atoms in total. The van der Waals surface area contributed by atoms with Gasteiger partial charge in [0.2, 0.25) is 0 Å². The molecule has 0 spiro atoms. The Morgan fingerprint density at radius 1 is 1.50 bits per heavy atom. The number of hydrogen-bond donors (Lipinski definition) is 1. The summed E-state index contributed by atoms with van der Waals surface area (Å²) < 4.78 is 14.3. The van der Waals surface area contributed by atoms with Gasteiger partial charge in [-0.2, -0.15) is 0 Å². The molecule has 0 saturated carbocycles. The fraction of sp³-hybridized carbons (Fsp3) is 0.182. The third-order valence-electron chi connectivity index (χ3n) is 2.28. The maximum Gasteiger partial charge on any atom is 0.129 e. The molecule has 0 amide bonds. The lowest BCUT2D eigenvalue weighted by Crippen LogP contribution is -2.15. The van der Waals surface area contributed by atoms with Crippen LogP contribution in [0.15, 0.2) is 34.4 Å². The van der Waals surface area contributed by atoms with Crippen LogP contribution in [0.25, 0.3) is 0 Å². The Hall–Kier alpha value is -0.780. The average Bonchev–Trinajstić information content (AvgIpc) is 2.70. The van der Waals surface area contributed by atoms with Crippen LogP contribution in [0.2, 0.25) is 0 Å². The van der Waals surface area contributed by atoms with E-state index in [1.54, 1.807) is 23.8 Å². The predicted octanol–water partition coefficient (Wildman–Crippen LogP) is 3.29. The second-order valence-corrected chi connectivity index (χ2v) is 5.24. The molecule has 0 aliphatic rings. The Balaban J connectivity index is 2.24. The molecule has 0 bridgehead atoms. The first-order valence-electron chi connectivity index (χ1n) is 4.75. The van der Waals surface area contributed by atoms with Crippen molar-refractivity contribution in [2.45, 2.75) is 12.5 Å². The van der Waals surface area contributed by atoms with Crippen LogP contribution in [-0.2, 0) is 6.42 Å². The Kier molecular flexibility index (Phi) is 3.68. The number of benzene rings is 1. The average molecular weight is 301 g/mol. The van der Waals surface area contributed by atoms with Gasteiger partial charge in [-0.05, 0) is 12.1 Å². The van der Waals surface area contributed by atoms with E-state index in [0.29, 0.717) is 16.5 Å². The van der Waals surface area contributed by atoms with Crippen LogP contribution in [0.3, 0.4) is 0 Å². The molecule has 1 heterocycles. The number of halogens is 2. The van der Waals surface area contributed by atoms with Gasteiger partial charge in [0.15, 0.2) is 0 Å². The lowest BCUT2D eigenvalue weighted by Gasteiger charge is -2.13. The second kappa shape index (κ2) is 5.03. The predicted molar refractivity (Wildman–Crippen MR) is 66.8 cm³/mol. The van der Waals surface area contributed by atoms with Crippen LogP contribution in [0.4, 0.5) is 4.39 Å². The van der Waals surface area contributed by atoms with Crippen molar-refractivity contribution in [2.75, 3.05) is 0 Å². The van der Waals surface area contributed by atoms with Gasteiger partial charge in [-0.1, -0.05) is 22.0 Å². The topological polar surface area (TPSA) is 38.9 Å². The van der Waals surface area contributed by atoms with Crippen LogP contribution in [-0.4, -0.2) is 4.98 Å². The molecule has 1 aromatic heterocycles. The highest BCUT2D eigenvalue weighted by atomic mass is 79.9. The van der Waals surface area contributed by atoms with Crippen molar-refractivity contribution in [1.82, 2.24) is 4.98 Å². The van der Waals surface area contributed by atoms with Gasteiger partial charge < -0.3 is 5.73 Å². The summed E-state index contributed by atoms with van der Waals surface area (Å²) >= 11 is 4.85. The van der Waals surface area contributed by atoms with E-state index in [1.165, 1.54) is 17.4 Å². The molecule has 2 aromatic rings. The minimum Gasteiger partial charge on any atom is -0.324 e. The van der Waals surface area contributed by atoms with E-state index in [0.717, 1.165) is 4.88 Å². The van der Waals surface area contributed by atoms with Crippen LogP contribution >= 0.6 is 27.3 Å². The molecule has 0 radical (unpaired) electrons. The summed E-state index contributed by atoms with van der Waals surface area (Å²) in [6.07, 6.45) is 2.36. The highest BCUT2D eigenvalue weighted by Crippen LogP contribution is 2.27. The van der Waals surface area contributed by atoms with Gasteiger partial charge in [0.1, 0.15) is 5.82 Å². The van der Waals surface area contributed by atoms with E-state index < -0.39 is 0 Å². The molecule has 0 aliphatic carbocycles. The van der Waals surface area contributed by atoms with Crippen molar-refractivity contribution >= 4 is 27.3 Å². The Labute approximate surface area is 105 Å². The number of nitrogens with two attached hydrogens (primary N) is 1. The molecular formula is C11H10BrFN2S. The molecule has 0 saturated heterocycles. The zero-order valence-electron chi connectivity index (χ0n) is 8.36. The van der Waals surface area contributed by atoms with Gasteiger partial charge in [0, 0.05) is 33.6 Å². The number of hydrogen-bond acceptors (Lipinski definition) is 3. The summed E-state index contributed by atoms with van der Waals surface area (Å²) in [4.78, 5) is 5.03. The highest BCUT2D eigenvalue weighted by Gasteiger charge is 2.15. The van der Waals surface area contributed by atoms with E-state index in [1.807, 2.05) is 0 Å². The van der Waals surface area contributed by atoms with Gasteiger partial charge in [0.05, 0.1) is 5.51 Å². The summed E-state index contributed by atoms with van der Waals surface area (Å²) in [6, 6.07) is 4.52. The maximum atomic E-state index is 13.6. The minimum atomic E-state index is -0.351. The van der Waals surface area contributed by atoms with Crippen LogP contribution in [0.5, 0.6) is 0 Å². The Morgan fingerprint density at radius 3 is 2.94 bits per heavy atom. The third-order valence-corrected chi connectivity index (χ3v) is 3.77. The third kappa shape index (κ3) is 2.48. The summed E-state index contributed by atoms with van der Waals surface area (Å²) in [6.45, 7) is 0. The maximum absolute atomic E-state index is 13.6. The summed E-state index contributed by atoms with van der Waals surface area (Å²) in [5.74, 6) is -0.272. The van der Waals surface area contributed by atoms with Crippen molar-refractivity contribution in [3.05, 3.63) is 50.6 Å². The molecule has 1 unspecified atom stereocenters. The van der Waals surface area contributed by atoms with Crippen molar-refractivity contribution in [3.8, 4) is 0 Å². The van der Waals surface area contributed by atoms with E-state index in [-0.39, 0.29) is 11.9 Å². The largest absolute Gasteiger partial charge is 0.324 e. The molecule has 0 aliphatic heterocycles. The lowest BCUT2D eigenvalue weighted by molar-refractivity contribution is 0.579. The fourth-order valence-electron chi connectivity index (χ4n) is 1.53. The summed E-state index contributed by atoms with van der Waals surface area (Å²) in [7, 11) is 0. The monoisotopic (exact) mass is 300 g/mol. The van der Waals surface area contributed by atoms with Gasteiger partial charge in [-0.3, -0.25) is 4.98 Å². The molecule has 2 rings (SSSR count). The molecule has 84 valence electrons. The SMILES string of the molecule is NC(Cc1cncs1)c1c(F)cccc1Br. The number of nitrogens with zero attached hydrogens (tertiary/aromatic N) is 1. The van der Waals surface area contributed by atoms with E-state index in [2.05, 4.69) is 20.9 Å². The number of aromatic nitrogens is 1. The van der Waals surface area contributed by atoms with Gasteiger partial charge >= 0.3 is 0 Å². The van der Waals surface area contributed by atoms with E-state index in [4.69, 9.17) is 5.73 Å². The molecule has 1 aromatic carbocycles. The number of thiazole rings is 1. The van der Waals surface area contributed by atoms with Crippen molar-refractivity contribution in [2.24, 2.45) is 5.73 Å². The van der Waals surface area contributed by atoms with E-state index in [9.17, 15) is 4.39 Å². The Bertz CT molecular complexity index is 453. The smallest absolute Gasteiger partial charge is 0.129 e. The standard InChI is InChI=1S/C11H10BrFN2S/c12-8-2-1-3-9(13)11(8)10(14)4-7-5-15-6-16-7/h1-3,5-6,10H,4,14H2. The first-order valence-corrected chi connectivity index (χ1v) is 6.42. The lowest BCUT2D eigenvalue weighted by atomic mass is 10.0. The van der Waals surface area contributed by atoms with Gasteiger partial charge in [-0.25, -0.2) is 4.39 Å². The van der Waals surface area contributed by atoms with Gasteiger partial charge in [0.25, 0.3) is 0 Å². The molecular weight excluding hydrogens is 291 g/mol. The van der Waals surface area contributed by atoms with Crippen LogP contribution in [0, 0.1) is 5.82 Å². The molecule has 2 N–H and O–H groups in total. The molecule has 16 heavy (non-hydrogen) atoms. The zero-order chi connectivity index (χ0) is 11.5. The van der Waals surface area contributed by atoms with Crippen LogP contribution < -0.4 is 5.73 Å². The van der Waals surface area contributed by atoms with Crippen molar-refractivity contribution < 1.29 is 4.39 Å². The first-order chi connectivity index (χ1) is 7.68. The zero-order valence-corrected chi connectivity index (χ0v) is 10.8. The summed E-state index contributed by atoms with van der Waals surface area (Å²) in [5, 5.41) is 0. The first kappa shape index (κ1) is 11.7. The highest BCUT2D eigenvalue weighted by molar-refractivity contribution is 9.10. The van der Waals surface area contributed by atoms with Gasteiger partial charge in [-0.15, -0.1) is 11.3 Å². The number of rotatable bonds is 3. The van der Waals surface area contributed by atoms with Crippen LogP contribution in [0.1, 0.15) is 16.5 Å². The molecule has 5 heteroatoms. The van der Waals surface area contributed by atoms with E-state index >= 15 is 0 Å². The van der Waals surface area contributed by atoms with Crippen molar-refractivity contribution in [3.63, 3.8) is 0 Å². The normalized spacial score (nSPS) is 12.7. The molecule has 0 fully saturated rings. The quantitative estimate of drug-likeness (QED) is 0.945. The van der Waals surface area contributed by atoms with Crippen molar-refractivity contribution in [1.29, 1.82) is 0 Å².